The maximum Gasteiger partial charge on any atom is 0.337 e. The molecular weight excluding hydrogens is 324 g/mol. The summed E-state index contributed by atoms with van der Waals surface area (Å²) in [6, 6.07) is 12.7. The predicted octanol–water partition coefficient (Wildman–Crippen LogP) is 3.09. The first-order chi connectivity index (χ1) is 11.9. The van der Waals surface area contributed by atoms with E-state index < -0.39 is 11.9 Å². The third-order valence-electron chi connectivity index (χ3n) is 3.10. The standard InChI is InChI=1S/C11H13NO3.C7H7NO2/c1-2-5-10(13)12-9-7-4-3-6-8(9)11(14)15;8-6-4-2-1-3-5(6)7(9)10/h3-4,6-7H,2,5H2,1H3,(H,12,13)(H,14,15);1-4H,8H2,(H,9,10). The highest BCUT2D eigenvalue weighted by Crippen LogP contribution is 2.15. The van der Waals surface area contributed by atoms with Gasteiger partial charge in [0, 0.05) is 12.1 Å². The van der Waals surface area contributed by atoms with Gasteiger partial charge in [-0.1, -0.05) is 31.2 Å². The number of anilines is 2. The second kappa shape index (κ2) is 9.71. The van der Waals surface area contributed by atoms with E-state index >= 15 is 0 Å². The van der Waals surface area contributed by atoms with Crippen LogP contribution in [-0.4, -0.2) is 28.1 Å². The van der Waals surface area contributed by atoms with E-state index in [-0.39, 0.29) is 17.0 Å². The lowest BCUT2D eigenvalue weighted by atomic mass is 10.1. The number of rotatable bonds is 5. The van der Waals surface area contributed by atoms with Crippen LogP contribution in [0, 0.1) is 0 Å². The van der Waals surface area contributed by atoms with Gasteiger partial charge in [0.2, 0.25) is 5.91 Å². The van der Waals surface area contributed by atoms with E-state index in [1.807, 2.05) is 6.92 Å². The third kappa shape index (κ3) is 6.34. The smallest absolute Gasteiger partial charge is 0.337 e. The zero-order valence-corrected chi connectivity index (χ0v) is 13.7. The molecule has 0 saturated carbocycles. The van der Waals surface area contributed by atoms with Crippen LogP contribution >= 0.6 is 0 Å². The van der Waals surface area contributed by atoms with Gasteiger partial charge in [0.15, 0.2) is 0 Å². The second-order valence-corrected chi connectivity index (χ2v) is 5.04. The minimum Gasteiger partial charge on any atom is -0.478 e. The van der Waals surface area contributed by atoms with E-state index in [4.69, 9.17) is 15.9 Å². The fourth-order valence-corrected chi connectivity index (χ4v) is 1.91. The number of aromatic carboxylic acids is 2. The molecule has 0 radical (unpaired) electrons. The highest BCUT2D eigenvalue weighted by Gasteiger charge is 2.10. The van der Waals surface area contributed by atoms with Crippen molar-refractivity contribution in [1.82, 2.24) is 0 Å². The van der Waals surface area contributed by atoms with E-state index in [0.717, 1.165) is 6.42 Å². The lowest BCUT2D eigenvalue weighted by Gasteiger charge is -2.07. The van der Waals surface area contributed by atoms with E-state index in [0.29, 0.717) is 17.8 Å². The average Bonchev–Trinajstić information content (AvgIpc) is 2.56. The summed E-state index contributed by atoms with van der Waals surface area (Å²) < 4.78 is 0. The molecule has 0 atom stereocenters. The molecule has 132 valence electrons. The Morgan fingerprint density at radius 2 is 1.44 bits per heavy atom. The van der Waals surface area contributed by atoms with Gasteiger partial charge in [0.05, 0.1) is 16.8 Å². The van der Waals surface area contributed by atoms with Crippen molar-refractivity contribution < 1.29 is 24.6 Å². The van der Waals surface area contributed by atoms with Crippen LogP contribution in [0.15, 0.2) is 48.5 Å². The number of amides is 1. The molecule has 7 heteroatoms. The molecule has 0 saturated heterocycles. The Morgan fingerprint density at radius 1 is 0.920 bits per heavy atom. The Bertz CT molecular complexity index is 759. The molecule has 1 amide bonds. The number of carboxylic acids is 2. The van der Waals surface area contributed by atoms with E-state index in [1.54, 1.807) is 36.4 Å². The van der Waals surface area contributed by atoms with Crippen LogP contribution < -0.4 is 11.1 Å². The Morgan fingerprint density at radius 3 is 1.92 bits per heavy atom. The fraction of sp³-hybridized carbons (Fsp3) is 0.167. The van der Waals surface area contributed by atoms with Crippen molar-refractivity contribution in [3.8, 4) is 0 Å². The van der Waals surface area contributed by atoms with Gasteiger partial charge < -0.3 is 21.3 Å². The number of para-hydroxylation sites is 2. The minimum absolute atomic E-state index is 0.113. The second-order valence-electron chi connectivity index (χ2n) is 5.04. The normalized spacial score (nSPS) is 9.48. The average molecular weight is 344 g/mol. The van der Waals surface area contributed by atoms with Gasteiger partial charge in [-0.2, -0.15) is 0 Å². The number of nitrogens with one attached hydrogen (secondary N) is 1. The van der Waals surface area contributed by atoms with Gasteiger partial charge in [-0.25, -0.2) is 9.59 Å². The quantitative estimate of drug-likeness (QED) is 0.617. The van der Waals surface area contributed by atoms with Crippen molar-refractivity contribution in [3.05, 3.63) is 59.7 Å². The molecule has 0 heterocycles. The molecule has 0 unspecified atom stereocenters. The maximum atomic E-state index is 11.3. The number of hydrogen-bond donors (Lipinski definition) is 4. The van der Waals surface area contributed by atoms with Crippen LogP contribution in [0.5, 0.6) is 0 Å². The molecule has 0 fully saturated rings. The molecule has 25 heavy (non-hydrogen) atoms. The van der Waals surface area contributed by atoms with Crippen LogP contribution in [-0.2, 0) is 4.79 Å². The van der Waals surface area contributed by atoms with Crippen LogP contribution in [0.1, 0.15) is 40.5 Å². The summed E-state index contributed by atoms with van der Waals surface area (Å²) in [4.78, 5) is 32.4. The van der Waals surface area contributed by atoms with Crippen LogP contribution in [0.4, 0.5) is 11.4 Å². The van der Waals surface area contributed by atoms with E-state index in [9.17, 15) is 14.4 Å². The summed E-state index contributed by atoms with van der Waals surface area (Å²) in [5.41, 5.74) is 6.26. The summed E-state index contributed by atoms with van der Waals surface area (Å²) in [6.07, 6.45) is 1.13. The Labute approximate surface area is 145 Å². The molecule has 2 aromatic rings. The number of carboxylic acid groups (broad SMARTS) is 2. The lowest BCUT2D eigenvalue weighted by molar-refractivity contribution is -0.116. The summed E-state index contributed by atoms with van der Waals surface area (Å²) in [5, 5.41) is 19.9. The Balaban J connectivity index is 0.000000271. The van der Waals surface area contributed by atoms with Crippen molar-refractivity contribution >= 4 is 29.2 Å². The predicted molar refractivity (Wildman–Crippen MR) is 94.8 cm³/mol. The highest BCUT2D eigenvalue weighted by atomic mass is 16.4. The number of carbonyl (C=O) groups is 3. The molecule has 0 bridgehead atoms. The van der Waals surface area contributed by atoms with E-state index in [1.165, 1.54) is 12.1 Å². The first kappa shape index (κ1) is 19.7. The van der Waals surface area contributed by atoms with Crippen molar-refractivity contribution in [2.45, 2.75) is 19.8 Å². The van der Waals surface area contributed by atoms with Crippen LogP contribution in [0.2, 0.25) is 0 Å². The Kier molecular flexibility index (Phi) is 7.65. The van der Waals surface area contributed by atoms with Gasteiger partial charge in [-0.15, -0.1) is 0 Å². The number of carbonyl (C=O) groups excluding carboxylic acids is 1. The van der Waals surface area contributed by atoms with Gasteiger partial charge in [0.1, 0.15) is 0 Å². The maximum absolute atomic E-state index is 11.3. The molecule has 0 spiro atoms. The molecular formula is C18H20N2O5. The monoisotopic (exact) mass is 344 g/mol. The molecule has 0 aliphatic heterocycles. The first-order valence-corrected chi connectivity index (χ1v) is 7.56. The van der Waals surface area contributed by atoms with E-state index in [2.05, 4.69) is 5.32 Å². The number of nitrogen functional groups attached to an aromatic ring is 1. The van der Waals surface area contributed by atoms with Crippen molar-refractivity contribution in [1.29, 1.82) is 0 Å². The zero-order chi connectivity index (χ0) is 18.8. The van der Waals surface area contributed by atoms with Gasteiger partial charge in [-0.05, 0) is 30.7 Å². The lowest BCUT2D eigenvalue weighted by Crippen LogP contribution is -2.13. The van der Waals surface area contributed by atoms with Crippen molar-refractivity contribution in [3.63, 3.8) is 0 Å². The molecule has 0 aromatic heterocycles. The fourth-order valence-electron chi connectivity index (χ4n) is 1.91. The number of hydrogen-bond acceptors (Lipinski definition) is 4. The first-order valence-electron chi connectivity index (χ1n) is 7.56. The van der Waals surface area contributed by atoms with Crippen molar-refractivity contribution in [2.75, 3.05) is 11.1 Å². The van der Waals surface area contributed by atoms with Gasteiger partial charge in [-0.3, -0.25) is 4.79 Å². The zero-order valence-electron chi connectivity index (χ0n) is 13.7. The highest BCUT2D eigenvalue weighted by molar-refractivity contribution is 6.00. The third-order valence-corrected chi connectivity index (χ3v) is 3.10. The van der Waals surface area contributed by atoms with Crippen LogP contribution in [0.3, 0.4) is 0 Å². The summed E-state index contributed by atoms with van der Waals surface area (Å²) >= 11 is 0. The molecule has 7 nitrogen and oxygen atoms in total. The van der Waals surface area contributed by atoms with Gasteiger partial charge >= 0.3 is 11.9 Å². The largest absolute Gasteiger partial charge is 0.478 e. The molecule has 0 aliphatic carbocycles. The summed E-state index contributed by atoms with van der Waals surface area (Å²) in [5.74, 6) is -2.19. The summed E-state index contributed by atoms with van der Waals surface area (Å²) in [7, 11) is 0. The minimum atomic E-state index is -1.04. The molecule has 2 rings (SSSR count). The molecule has 5 N–H and O–H groups in total. The van der Waals surface area contributed by atoms with Crippen molar-refractivity contribution in [2.24, 2.45) is 0 Å². The molecule has 0 aliphatic rings. The van der Waals surface area contributed by atoms with Gasteiger partial charge in [0.25, 0.3) is 0 Å². The SMILES string of the molecule is CCCC(=O)Nc1ccccc1C(=O)O.Nc1ccccc1C(=O)O. The summed E-state index contributed by atoms with van der Waals surface area (Å²) in [6.45, 7) is 1.89. The number of nitrogens with two attached hydrogens (primary N) is 1. The molecule has 2 aromatic carbocycles. The van der Waals surface area contributed by atoms with Crippen LogP contribution in [0.25, 0.3) is 0 Å². The number of benzene rings is 2. The topological polar surface area (TPSA) is 130 Å². The Hall–Kier alpha value is -3.35.